The van der Waals surface area contributed by atoms with E-state index in [4.69, 9.17) is 26.1 Å². The Bertz CT molecular complexity index is 1750. The lowest BCUT2D eigenvalue weighted by Crippen LogP contribution is -2.37. The molecule has 6 rings (SSSR count). The van der Waals surface area contributed by atoms with E-state index in [-0.39, 0.29) is 0 Å². The van der Waals surface area contributed by atoms with Crippen molar-refractivity contribution < 1.29 is 9.47 Å². The maximum absolute atomic E-state index is 9.83. The molecule has 0 saturated carbocycles. The number of anilines is 2. The van der Waals surface area contributed by atoms with Crippen LogP contribution < -0.4 is 15.4 Å². The average Bonchev–Trinajstić information content (AvgIpc) is 3.07. The summed E-state index contributed by atoms with van der Waals surface area (Å²) in [7, 11) is 0. The summed E-state index contributed by atoms with van der Waals surface area (Å²) < 4.78 is 11.3. The zero-order valence-corrected chi connectivity index (χ0v) is 25.1. The zero-order chi connectivity index (χ0) is 30.1. The topological polar surface area (TPSA) is 95.3 Å². The molecule has 8 nitrogen and oxygen atoms in total. The molecule has 1 aliphatic rings. The molecule has 0 bridgehead atoms. The average molecular weight is 605 g/mol. The SMILES string of the molecule is N#Cc1cnc2cc(-c3ccc(CNCCCN4CCOCC4)cn3)ccc2c1Nc1ccc(Oc2ccccc2)c(Cl)c1. The minimum absolute atomic E-state index is 0.436. The number of aromatic nitrogens is 2. The van der Waals surface area contributed by atoms with Gasteiger partial charge in [0, 0.05) is 48.7 Å². The van der Waals surface area contributed by atoms with Crippen LogP contribution >= 0.6 is 11.6 Å². The highest BCUT2D eigenvalue weighted by Gasteiger charge is 2.13. The lowest BCUT2D eigenvalue weighted by Gasteiger charge is -2.26. The van der Waals surface area contributed by atoms with E-state index in [2.05, 4.69) is 32.7 Å². The number of benzene rings is 3. The number of morpholine rings is 1. The highest BCUT2D eigenvalue weighted by atomic mass is 35.5. The molecule has 0 atom stereocenters. The molecule has 44 heavy (non-hydrogen) atoms. The molecule has 0 spiro atoms. The van der Waals surface area contributed by atoms with Gasteiger partial charge in [-0.3, -0.25) is 14.9 Å². The van der Waals surface area contributed by atoms with Gasteiger partial charge in [0.25, 0.3) is 0 Å². The molecule has 5 aromatic rings. The number of nitrogens with one attached hydrogen (secondary N) is 2. The molecule has 3 heterocycles. The van der Waals surface area contributed by atoms with E-state index in [0.717, 1.165) is 85.8 Å². The Hall–Kier alpha value is -4.52. The predicted octanol–water partition coefficient (Wildman–Crippen LogP) is 7.17. The van der Waals surface area contributed by atoms with Crippen LogP contribution in [-0.4, -0.2) is 54.3 Å². The van der Waals surface area contributed by atoms with Crippen molar-refractivity contribution >= 4 is 33.9 Å². The summed E-state index contributed by atoms with van der Waals surface area (Å²) in [4.78, 5) is 11.7. The second-order valence-corrected chi connectivity index (χ2v) is 11.0. The summed E-state index contributed by atoms with van der Waals surface area (Å²) in [5.74, 6) is 1.25. The molecular formula is C35H33ClN6O2. The largest absolute Gasteiger partial charge is 0.456 e. The van der Waals surface area contributed by atoms with Gasteiger partial charge in [-0.1, -0.05) is 41.9 Å². The van der Waals surface area contributed by atoms with Crippen LogP contribution in [0.3, 0.4) is 0 Å². The highest BCUT2D eigenvalue weighted by Crippen LogP contribution is 2.35. The standard InChI is InChI=1S/C35H33ClN6O2/c36-31-20-28(9-12-34(31)44-29-5-2-1-3-6-29)41-35-27(21-37)24-40-33-19-26(8-10-30(33)35)32-11-7-25(23-39-32)22-38-13-4-14-42-15-17-43-18-16-42/h1-3,5-12,19-20,23-24,38H,4,13-18,22H2,(H,40,41). The van der Waals surface area contributed by atoms with Gasteiger partial charge in [0.1, 0.15) is 17.6 Å². The smallest absolute Gasteiger partial charge is 0.146 e. The van der Waals surface area contributed by atoms with E-state index in [9.17, 15) is 5.26 Å². The van der Waals surface area contributed by atoms with Gasteiger partial charge in [-0.25, -0.2) is 0 Å². The molecule has 222 valence electrons. The first-order valence-electron chi connectivity index (χ1n) is 14.7. The van der Waals surface area contributed by atoms with Crippen molar-refractivity contribution in [1.82, 2.24) is 20.2 Å². The Morgan fingerprint density at radius 3 is 2.59 bits per heavy atom. The van der Waals surface area contributed by atoms with Crippen molar-refractivity contribution in [2.75, 3.05) is 44.7 Å². The lowest BCUT2D eigenvalue weighted by molar-refractivity contribution is 0.0374. The third-order valence-corrected chi connectivity index (χ3v) is 7.84. The Balaban J connectivity index is 1.12. The summed E-state index contributed by atoms with van der Waals surface area (Å²) in [6.45, 7) is 6.59. The number of nitriles is 1. The van der Waals surface area contributed by atoms with Gasteiger partial charge in [0.05, 0.1) is 40.7 Å². The molecule has 9 heteroatoms. The van der Waals surface area contributed by atoms with Crippen LogP contribution in [0.5, 0.6) is 11.5 Å². The Labute approximate surface area is 262 Å². The third-order valence-electron chi connectivity index (χ3n) is 7.54. The van der Waals surface area contributed by atoms with Crippen LogP contribution in [0.4, 0.5) is 11.4 Å². The molecule has 1 saturated heterocycles. The first-order chi connectivity index (χ1) is 21.7. The summed E-state index contributed by atoms with van der Waals surface area (Å²) in [6, 6.07) is 27.3. The highest BCUT2D eigenvalue weighted by molar-refractivity contribution is 6.32. The number of halogens is 1. The van der Waals surface area contributed by atoms with Crippen LogP contribution in [-0.2, 0) is 11.3 Å². The van der Waals surface area contributed by atoms with E-state index in [1.807, 2.05) is 72.9 Å². The van der Waals surface area contributed by atoms with Gasteiger partial charge in [-0.2, -0.15) is 5.26 Å². The minimum atomic E-state index is 0.436. The number of para-hydroxylation sites is 1. The van der Waals surface area contributed by atoms with E-state index >= 15 is 0 Å². The third kappa shape index (κ3) is 7.33. The van der Waals surface area contributed by atoms with Crippen LogP contribution in [0.1, 0.15) is 17.5 Å². The number of rotatable bonds is 11. The second-order valence-electron chi connectivity index (χ2n) is 10.6. The van der Waals surface area contributed by atoms with Crippen LogP contribution in [0, 0.1) is 11.3 Å². The van der Waals surface area contributed by atoms with E-state index < -0.39 is 0 Å². The fraction of sp³-hybridized carbons (Fsp3) is 0.229. The molecule has 0 aliphatic carbocycles. The first-order valence-corrected chi connectivity index (χ1v) is 15.1. The van der Waals surface area contributed by atoms with Crippen LogP contribution in [0.25, 0.3) is 22.2 Å². The Kier molecular flexibility index (Phi) is 9.60. The fourth-order valence-corrected chi connectivity index (χ4v) is 5.40. The molecule has 0 radical (unpaired) electrons. The van der Waals surface area contributed by atoms with Crippen molar-refractivity contribution in [3.8, 4) is 28.8 Å². The quantitative estimate of drug-likeness (QED) is 0.153. The number of ether oxygens (including phenoxy) is 2. The van der Waals surface area contributed by atoms with Gasteiger partial charge in [0.2, 0.25) is 0 Å². The molecular weight excluding hydrogens is 572 g/mol. The normalized spacial score (nSPS) is 13.5. The minimum Gasteiger partial charge on any atom is -0.456 e. The summed E-state index contributed by atoms with van der Waals surface area (Å²) in [6.07, 6.45) is 4.62. The molecule has 2 N–H and O–H groups in total. The van der Waals surface area contributed by atoms with E-state index in [1.165, 1.54) is 0 Å². The van der Waals surface area contributed by atoms with Crippen LogP contribution in [0.2, 0.25) is 5.02 Å². The van der Waals surface area contributed by atoms with Crippen molar-refractivity contribution in [2.24, 2.45) is 0 Å². The number of fused-ring (bicyclic) bond motifs is 1. The molecule has 0 amide bonds. The lowest BCUT2D eigenvalue weighted by atomic mass is 10.0. The summed E-state index contributed by atoms with van der Waals surface area (Å²) in [5, 5.41) is 18.0. The zero-order valence-electron chi connectivity index (χ0n) is 24.3. The number of nitrogens with zero attached hydrogens (tertiary/aromatic N) is 4. The van der Waals surface area contributed by atoms with Crippen molar-refractivity contribution in [3.05, 3.63) is 107 Å². The van der Waals surface area contributed by atoms with E-state index in [1.54, 1.807) is 12.3 Å². The second kappa shape index (κ2) is 14.3. The van der Waals surface area contributed by atoms with Crippen molar-refractivity contribution in [1.29, 1.82) is 5.26 Å². The molecule has 1 fully saturated rings. The molecule has 1 aliphatic heterocycles. The van der Waals surface area contributed by atoms with Crippen molar-refractivity contribution in [3.63, 3.8) is 0 Å². The number of hydrogen-bond acceptors (Lipinski definition) is 8. The maximum Gasteiger partial charge on any atom is 0.146 e. The van der Waals surface area contributed by atoms with Gasteiger partial charge in [-0.05, 0) is 73.6 Å². The van der Waals surface area contributed by atoms with Crippen LogP contribution in [0.15, 0.2) is 91.3 Å². The fourth-order valence-electron chi connectivity index (χ4n) is 5.18. The summed E-state index contributed by atoms with van der Waals surface area (Å²) in [5.41, 5.74) is 5.55. The van der Waals surface area contributed by atoms with Gasteiger partial charge >= 0.3 is 0 Å². The number of pyridine rings is 2. The first kappa shape index (κ1) is 29.5. The monoisotopic (exact) mass is 604 g/mol. The Morgan fingerprint density at radius 1 is 0.955 bits per heavy atom. The maximum atomic E-state index is 9.83. The Morgan fingerprint density at radius 2 is 1.82 bits per heavy atom. The van der Waals surface area contributed by atoms with Gasteiger partial charge in [-0.15, -0.1) is 0 Å². The predicted molar refractivity (Wildman–Crippen MR) is 175 cm³/mol. The molecule has 2 aromatic heterocycles. The van der Waals surface area contributed by atoms with Gasteiger partial charge in [0.15, 0.2) is 0 Å². The molecule has 0 unspecified atom stereocenters. The van der Waals surface area contributed by atoms with E-state index in [0.29, 0.717) is 27.8 Å². The van der Waals surface area contributed by atoms with Gasteiger partial charge < -0.3 is 20.1 Å². The summed E-state index contributed by atoms with van der Waals surface area (Å²) >= 11 is 6.55. The van der Waals surface area contributed by atoms with Crippen molar-refractivity contribution in [2.45, 2.75) is 13.0 Å². The molecule has 3 aromatic carbocycles. The number of hydrogen-bond donors (Lipinski definition) is 2.